The average molecular weight is 371 g/mol. The number of anilines is 1. The van der Waals surface area contributed by atoms with Gasteiger partial charge in [0.05, 0.1) is 10.6 Å². The fraction of sp³-hybridized carbons (Fsp3) is 0.188. The maximum Gasteiger partial charge on any atom is 0.387 e. The third-order valence-electron chi connectivity index (χ3n) is 2.95. The lowest BCUT2D eigenvalue weighted by molar-refractivity contribution is -0.123. The lowest BCUT2D eigenvalue weighted by Crippen LogP contribution is -2.30. The molecule has 2 aromatic rings. The van der Waals surface area contributed by atoms with E-state index in [-0.39, 0.29) is 17.1 Å². The highest BCUT2D eigenvalue weighted by Crippen LogP contribution is 2.16. The fourth-order valence-electron chi connectivity index (χ4n) is 1.73. The first-order chi connectivity index (χ1) is 11.8. The zero-order valence-electron chi connectivity index (χ0n) is 12.9. The van der Waals surface area contributed by atoms with Gasteiger partial charge in [-0.2, -0.15) is 8.78 Å². The van der Waals surface area contributed by atoms with Gasteiger partial charge in [-0.3, -0.25) is 4.79 Å². The summed E-state index contributed by atoms with van der Waals surface area (Å²) in [6.45, 7) is -1.57. The third kappa shape index (κ3) is 5.68. The number of ether oxygens (including phenoxy) is 2. The van der Waals surface area contributed by atoms with Crippen LogP contribution in [-0.2, 0) is 9.53 Å². The number of alkyl halides is 2. The first-order valence-corrected chi connectivity index (χ1v) is 7.41. The average Bonchev–Trinajstić information content (AvgIpc) is 2.57. The van der Waals surface area contributed by atoms with Crippen LogP contribution in [0.4, 0.5) is 14.6 Å². The normalized spacial score (nSPS) is 11.7. The van der Waals surface area contributed by atoms with Gasteiger partial charge in [0.25, 0.3) is 5.91 Å². The SMILES string of the molecule is CC(OC(=O)c1ccc(OC(F)F)cc1)C(=O)Nc1ccc(Cl)cn1. The van der Waals surface area contributed by atoms with Gasteiger partial charge in [0.15, 0.2) is 6.10 Å². The molecule has 1 aromatic carbocycles. The molecule has 1 heterocycles. The first kappa shape index (κ1) is 18.6. The van der Waals surface area contributed by atoms with E-state index in [1.807, 2.05) is 0 Å². The molecule has 0 spiro atoms. The van der Waals surface area contributed by atoms with Crippen molar-refractivity contribution >= 4 is 29.3 Å². The molecule has 0 aliphatic heterocycles. The van der Waals surface area contributed by atoms with Crippen molar-refractivity contribution in [3.05, 3.63) is 53.2 Å². The van der Waals surface area contributed by atoms with Crippen molar-refractivity contribution in [1.82, 2.24) is 4.98 Å². The van der Waals surface area contributed by atoms with E-state index < -0.39 is 24.6 Å². The number of amides is 1. The number of nitrogens with zero attached hydrogens (tertiary/aromatic N) is 1. The highest BCUT2D eigenvalue weighted by molar-refractivity contribution is 6.30. The number of hydrogen-bond donors (Lipinski definition) is 1. The lowest BCUT2D eigenvalue weighted by Gasteiger charge is -2.13. The van der Waals surface area contributed by atoms with E-state index in [4.69, 9.17) is 16.3 Å². The number of hydrogen-bond acceptors (Lipinski definition) is 5. The molecule has 2 rings (SSSR count). The molecule has 6 nitrogen and oxygen atoms in total. The largest absolute Gasteiger partial charge is 0.449 e. The first-order valence-electron chi connectivity index (χ1n) is 7.03. The number of rotatable bonds is 6. The molecule has 132 valence electrons. The van der Waals surface area contributed by atoms with Crippen LogP contribution in [0.15, 0.2) is 42.6 Å². The van der Waals surface area contributed by atoms with Crippen LogP contribution in [0.5, 0.6) is 5.75 Å². The van der Waals surface area contributed by atoms with E-state index in [9.17, 15) is 18.4 Å². The molecule has 1 amide bonds. The minimum Gasteiger partial charge on any atom is -0.449 e. The molecule has 0 bridgehead atoms. The van der Waals surface area contributed by atoms with E-state index in [0.717, 1.165) is 0 Å². The Morgan fingerprint density at radius 1 is 1.16 bits per heavy atom. The van der Waals surface area contributed by atoms with Gasteiger partial charge < -0.3 is 14.8 Å². The van der Waals surface area contributed by atoms with Gasteiger partial charge in [0.2, 0.25) is 0 Å². The number of nitrogens with one attached hydrogen (secondary N) is 1. The Bertz CT molecular complexity index is 739. The van der Waals surface area contributed by atoms with Gasteiger partial charge in [-0.15, -0.1) is 0 Å². The predicted octanol–water partition coefficient (Wildman–Crippen LogP) is 3.52. The van der Waals surface area contributed by atoms with Gasteiger partial charge >= 0.3 is 12.6 Å². The Morgan fingerprint density at radius 3 is 2.40 bits per heavy atom. The Morgan fingerprint density at radius 2 is 1.84 bits per heavy atom. The molecule has 0 radical (unpaired) electrons. The van der Waals surface area contributed by atoms with Crippen LogP contribution in [0.3, 0.4) is 0 Å². The minimum atomic E-state index is -2.96. The molecule has 9 heteroatoms. The van der Waals surface area contributed by atoms with Crippen LogP contribution >= 0.6 is 11.6 Å². The number of halogens is 3. The van der Waals surface area contributed by atoms with E-state index in [2.05, 4.69) is 15.0 Å². The molecule has 1 aromatic heterocycles. The molecule has 0 saturated heterocycles. The summed E-state index contributed by atoms with van der Waals surface area (Å²) in [6.07, 6.45) is 0.263. The Balaban J connectivity index is 1.92. The topological polar surface area (TPSA) is 77.5 Å². The summed E-state index contributed by atoms with van der Waals surface area (Å²) < 4.78 is 33.3. The van der Waals surface area contributed by atoms with Gasteiger partial charge in [-0.1, -0.05) is 11.6 Å². The standard InChI is InChI=1S/C16H13ClF2N2O4/c1-9(14(22)21-13-7-4-11(17)8-20-13)24-15(23)10-2-5-12(6-3-10)25-16(18)19/h2-9,16H,1H3,(H,20,21,22). The van der Waals surface area contributed by atoms with Crippen molar-refractivity contribution in [2.45, 2.75) is 19.6 Å². The van der Waals surface area contributed by atoms with E-state index >= 15 is 0 Å². The van der Waals surface area contributed by atoms with Crippen LogP contribution in [-0.4, -0.2) is 29.6 Å². The fourth-order valence-corrected chi connectivity index (χ4v) is 1.84. The van der Waals surface area contributed by atoms with Gasteiger partial charge in [-0.25, -0.2) is 9.78 Å². The third-order valence-corrected chi connectivity index (χ3v) is 3.17. The number of esters is 1. The van der Waals surface area contributed by atoms with Crippen molar-refractivity contribution in [3.8, 4) is 5.75 Å². The number of carbonyl (C=O) groups is 2. The van der Waals surface area contributed by atoms with Gasteiger partial charge in [-0.05, 0) is 43.3 Å². The predicted molar refractivity (Wildman–Crippen MR) is 85.8 cm³/mol. The lowest BCUT2D eigenvalue weighted by atomic mass is 10.2. The van der Waals surface area contributed by atoms with Crippen LogP contribution in [0.2, 0.25) is 5.02 Å². The van der Waals surface area contributed by atoms with E-state index in [1.54, 1.807) is 6.07 Å². The van der Waals surface area contributed by atoms with Crippen LogP contribution in [0.1, 0.15) is 17.3 Å². The number of benzene rings is 1. The summed E-state index contributed by atoms with van der Waals surface area (Å²) >= 11 is 5.69. The monoisotopic (exact) mass is 370 g/mol. The molecule has 0 aliphatic rings. The van der Waals surface area contributed by atoms with Gasteiger partial charge in [0.1, 0.15) is 11.6 Å². The maximum atomic E-state index is 12.1. The van der Waals surface area contributed by atoms with Gasteiger partial charge in [0, 0.05) is 6.20 Å². The molecular weight excluding hydrogens is 358 g/mol. The number of carbonyl (C=O) groups excluding carboxylic acids is 2. The van der Waals surface area contributed by atoms with Crippen molar-refractivity contribution < 1.29 is 27.8 Å². The Hall–Kier alpha value is -2.74. The highest BCUT2D eigenvalue weighted by atomic mass is 35.5. The van der Waals surface area contributed by atoms with Crippen molar-refractivity contribution in [2.75, 3.05) is 5.32 Å². The second kappa shape index (κ2) is 8.39. The zero-order chi connectivity index (χ0) is 18.4. The molecule has 0 saturated carbocycles. The minimum absolute atomic E-state index is 0.0888. The van der Waals surface area contributed by atoms with Crippen molar-refractivity contribution in [3.63, 3.8) is 0 Å². The van der Waals surface area contributed by atoms with E-state index in [0.29, 0.717) is 5.02 Å². The zero-order valence-corrected chi connectivity index (χ0v) is 13.7. The summed E-state index contributed by atoms with van der Waals surface area (Å²) in [4.78, 5) is 27.8. The molecule has 1 unspecified atom stereocenters. The van der Waals surface area contributed by atoms with E-state index in [1.165, 1.54) is 43.5 Å². The quantitative estimate of drug-likeness (QED) is 0.787. The van der Waals surface area contributed by atoms with Crippen molar-refractivity contribution in [1.29, 1.82) is 0 Å². The van der Waals surface area contributed by atoms with Crippen LogP contribution < -0.4 is 10.1 Å². The van der Waals surface area contributed by atoms with Crippen LogP contribution in [0.25, 0.3) is 0 Å². The number of pyridine rings is 1. The smallest absolute Gasteiger partial charge is 0.387 e. The molecule has 25 heavy (non-hydrogen) atoms. The summed E-state index contributed by atoms with van der Waals surface area (Å²) in [6, 6.07) is 7.95. The molecule has 1 N–H and O–H groups in total. The molecule has 0 aliphatic carbocycles. The summed E-state index contributed by atoms with van der Waals surface area (Å²) in [5, 5.41) is 2.88. The Kier molecular flexibility index (Phi) is 6.24. The van der Waals surface area contributed by atoms with Crippen LogP contribution in [0, 0.1) is 0 Å². The summed E-state index contributed by atoms with van der Waals surface area (Å²) in [5.41, 5.74) is 0.0888. The second-order valence-corrected chi connectivity index (χ2v) is 5.24. The molecule has 0 fully saturated rings. The maximum absolute atomic E-state index is 12.1. The summed E-state index contributed by atoms with van der Waals surface area (Å²) in [7, 11) is 0. The Labute approximate surface area is 146 Å². The molecule has 1 atom stereocenters. The number of aromatic nitrogens is 1. The second-order valence-electron chi connectivity index (χ2n) is 4.80. The molecular formula is C16H13ClF2N2O4. The highest BCUT2D eigenvalue weighted by Gasteiger charge is 2.19. The summed E-state index contributed by atoms with van der Waals surface area (Å²) in [5.74, 6) is -1.20. The van der Waals surface area contributed by atoms with Crippen molar-refractivity contribution in [2.24, 2.45) is 0 Å².